The summed E-state index contributed by atoms with van der Waals surface area (Å²) >= 11 is 0. The van der Waals surface area contributed by atoms with E-state index in [9.17, 15) is 14.4 Å². The number of anilines is 2. The molecule has 1 amide bonds. The Bertz CT molecular complexity index is 1180. The van der Waals surface area contributed by atoms with E-state index < -0.39 is 17.7 Å². The molecule has 2 aromatic rings. The molecule has 2 rings (SSSR count). The molecule has 43 heavy (non-hydrogen) atoms. The van der Waals surface area contributed by atoms with Gasteiger partial charge in [0.2, 0.25) is 0 Å². The molecular weight excluding hydrogens is 548 g/mol. The lowest BCUT2D eigenvalue weighted by molar-refractivity contribution is -0.145. The van der Waals surface area contributed by atoms with Crippen LogP contribution in [0.15, 0.2) is 48.5 Å². The maximum Gasteiger partial charge on any atom is 0.407 e. The van der Waals surface area contributed by atoms with Crippen LogP contribution in [0.2, 0.25) is 0 Å². The first kappa shape index (κ1) is 36.8. The van der Waals surface area contributed by atoms with E-state index in [1.165, 1.54) is 0 Å². The molecule has 0 bridgehead atoms. The standard InChI is InChI=1S/C19H30N2O4.C14H18N2O2/c1-7-24-17(22)16(13(2)3)21-15-10-8-14(9-11-15)12-20-18(23)25-19(4,5)6;1-5-18-14(17)13(10(2)3)16-12-8-6-11(15-4)7-9-12/h8-11,13,16,21H,7,12H2,1-6H3,(H,20,23);6-10,13,16H,5H2,1-3H3/t16-;13-/m00/s1. The molecule has 0 aliphatic rings. The van der Waals surface area contributed by atoms with Crippen molar-refractivity contribution in [1.82, 2.24) is 5.32 Å². The van der Waals surface area contributed by atoms with Gasteiger partial charge in [0.25, 0.3) is 0 Å². The molecular formula is C33H48N4O6. The van der Waals surface area contributed by atoms with E-state index in [4.69, 9.17) is 20.8 Å². The SMILES string of the molecule is CCOC(=O)[C@@H](Nc1ccc(CNC(=O)OC(C)(C)C)cc1)C(C)C.[C-]#[N+]c1ccc(N[C@H](C(=O)OCC)C(C)C)cc1. The highest BCUT2D eigenvalue weighted by molar-refractivity contribution is 5.80. The number of hydrogen-bond acceptors (Lipinski definition) is 8. The Labute approximate surface area is 256 Å². The Morgan fingerprint density at radius 3 is 1.53 bits per heavy atom. The number of hydrogen-bond donors (Lipinski definition) is 3. The predicted molar refractivity (Wildman–Crippen MR) is 170 cm³/mol. The van der Waals surface area contributed by atoms with Crippen molar-refractivity contribution in [3.05, 3.63) is 65.5 Å². The van der Waals surface area contributed by atoms with Gasteiger partial charge in [-0.15, -0.1) is 0 Å². The predicted octanol–water partition coefficient (Wildman–Crippen LogP) is 6.95. The fraction of sp³-hybridized carbons (Fsp3) is 0.515. The minimum absolute atomic E-state index is 0.104. The average molecular weight is 597 g/mol. The first-order valence-corrected chi connectivity index (χ1v) is 14.6. The zero-order chi connectivity index (χ0) is 32.6. The van der Waals surface area contributed by atoms with E-state index in [-0.39, 0.29) is 29.8 Å². The first-order valence-electron chi connectivity index (χ1n) is 14.6. The van der Waals surface area contributed by atoms with Crippen molar-refractivity contribution in [1.29, 1.82) is 0 Å². The summed E-state index contributed by atoms with van der Waals surface area (Å²) in [5.41, 5.74) is 2.64. The minimum atomic E-state index is -0.517. The van der Waals surface area contributed by atoms with Crippen LogP contribution in [-0.4, -0.2) is 48.9 Å². The maximum absolute atomic E-state index is 12.0. The van der Waals surface area contributed by atoms with E-state index >= 15 is 0 Å². The van der Waals surface area contributed by atoms with Crippen LogP contribution < -0.4 is 16.0 Å². The second-order valence-electron chi connectivity index (χ2n) is 11.4. The van der Waals surface area contributed by atoms with E-state index in [2.05, 4.69) is 20.8 Å². The average Bonchev–Trinajstić information content (AvgIpc) is 2.93. The number of carbonyl (C=O) groups excluding carboxylic acids is 3. The van der Waals surface area contributed by atoms with Gasteiger partial charge in [0.15, 0.2) is 5.69 Å². The largest absolute Gasteiger partial charge is 0.464 e. The quantitative estimate of drug-likeness (QED) is 0.137. The third-order valence-electron chi connectivity index (χ3n) is 5.84. The van der Waals surface area contributed by atoms with E-state index in [1.807, 2.05) is 72.7 Å². The van der Waals surface area contributed by atoms with Crippen molar-refractivity contribution in [2.75, 3.05) is 23.8 Å². The molecule has 0 aliphatic heterocycles. The number of ether oxygens (including phenoxy) is 3. The van der Waals surface area contributed by atoms with Crippen LogP contribution in [0.1, 0.15) is 67.9 Å². The molecule has 2 aromatic carbocycles. The van der Waals surface area contributed by atoms with Crippen molar-refractivity contribution >= 4 is 35.1 Å². The normalized spacial score (nSPS) is 12.1. The molecule has 0 radical (unpaired) electrons. The monoisotopic (exact) mass is 596 g/mol. The molecule has 10 nitrogen and oxygen atoms in total. The van der Waals surface area contributed by atoms with Crippen LogP contribution in [0.5, 0.6) is 0 Å². The van der Waals surface area contributed by atoms with Crippen LogP contribution in [0.3, 0.4) is 0 Å². The Balaban J connectivity index is 0.000000453. The second-order valence-corrected chi connectivity index (χ2v) is 11.4. The third-order valence-corrected chi connectivity index (χ3v) is 5.84. The molecule has 0 saturated heterocycles. The maximum atomic E-state index is 12.0. The summed E-state index contributed by atoms with van der Waals surface area (Å²) < 4.78 is 15.3. The second kappa shape index (κ2) is 18.3. The highest BCUT2D eigenvalue weighted by atomic mass is 16.6. The molecule has 0 spiro atoms. The highest BCUT2D eigenvalue weighted by Crippen LogP contribution is 2.19. The Kier molecular flexibility index (Phi) is 15.7. The summed E-state index contributed by atoms with van der Waals surface area (Å²) in [5, 5.41) is 9.05. The number of esters is 2. The van der Waals surface area contributed by atoms with Gasteiger partial charge < -0.3 is 30.2 Å². The molecule has 3 N–H and O–H groups in total. The van der Waals surface area contributed by atoms with Gasteiger partial charge in [-0.05, 0) is 76.3 Å². The molecule has 2 atom stereocenters. The van der Waals surface area contributed by atoms with Gasteiger partial charge in [-0.2, -0.15) is 0 Å². The van der Waals surface area contributed by atoms with Gasteiger partial charge in [0.05, 0.1) is 19.8 Å². The molecule has 0 saturated carbocycles. The lowest BCUT2D eigenvalue weighted by Gasteiger charge is -2.22. The van der Waals surface area contributed by atoms with Crippen LogP contribution in [0.25, 0.3) is 4.85 Å². The van der Waals surface area contributed by atoms with Gasteiger partial charge in [-0.3, -0.25) is 0 Å². The van der Waals surface area contributed by atoms with Crippen molar-refractivity contribution in [3.8, 4) is 0 Å². The summed E-state index contributed by atoms with van der Waals surface area (Å²) in [7, 11) is 0. The first-order chi connectivity index (χ1) is 20.2. The zero-order valence-corrected chi connectivity index (χ0v) is 26.9. The fourth-order valence-electron chi connectivity index (χ4n) is 3.66. The van der Waals surface area contributed by atoms with Crippen molar-refractivity contribution < 1.29 is 28.6 Å². The van der Waals surface area contributed by atoms with Crippen LogP contribution in [-0.2, 0) is 30.3 Å². The van der Waals surface area contributed by atoms with Gasteiger partial charge in [0.1, 0.15) is 17.7 Å². The number of nitrogens with zero attached hydrogens (tertiary/aromatic N) is 1. The van der Waals surface area contributed by atoms with Gasteiger partial charge in [-0.1, -0.05) is 52.0 Å². The fourth-order valence-corrected chi connectivity index (χ4v) is 3.66. The third kappa shape index (κ3) is 14.5. The molecule has 0 aromatic heterocycles. The number of rotatable bonds is 12. The van der Waals surface area contributed by atoms with Gasteiger partial charge in [0, 0.05) is 17.9 Å². The molecule has 0 aliphatic carbocycles. The van der Waals surface area contributed by atoms with Crippen molar-refractivity contribution in [2.45, 2.75) is 86.5 Å². The summed E-state index contributed by atoms with van der Waals surface area (Å²) in [6, 6.07) is 13.8. The molecule has 0 heterocycles. The lowest BCUT2D eigenvalue weighted by atomic mass is 10.0. The van der Waals surface area contributed by atoms with Gasteiger partial charge >= 0.3 is 18.0 Å². The van der Waals surface area contributed by atoms with Crippen molar-refractivity contribution in [3.63, 3.8) is 0 Å². The molecule has 10 heteroatoms. The van der Waals surface area contributed by atoms with Crippen molar-refractivity contribution in [2.24, 2.45) is 11.8 Å². The van der Waals surface area contributed by atoms with Gasteiger partial charge in [-0.25, -0.2) is 19.2 Å². The van der Waals surface area contributed by atoms with Crippen LogP contribution in [0.4, 0.5) is 21.9 Å². The topological polar surface area (TPSA) is 119 Å². The summed E-state index contributed by atoms with van der Waals surface area (Å²) in [6.45, 7) is 24.9. The van der Waals surface area contributed by atoms with E-state index in [1.54, 1.807) is 38.1 Å². The minimum Gasteiger partial charge on any atom is -0.464 e. The number of alkyl carbamates (subject to hydrolysis) is 1. The lowest BCUT2D eigenvalue weighted by Crippen LogP contribution is -2.36. The highest BCUT2D eigenvalue weighted by Gasteiger charge is 2.24. The number of carbonyl (C=O) groups is 3. The number of benzene rings is 2. The summed E-state index contributed by atoms with van der Waals surface area (Å²) in [4.78, 5) is 38.8. The van der Waals surface area contributed by atoms with Crippen LogP contribution in [0, 0.1) is 18.4 Å². The zero-order valence-electron chi connectivity index (χ0n) is 26.9. The molecule has 236 valence electrons. The smallest absolute Gasteiger partial charge is 0.407 e. The molecule has 0 unspecified atom stereocenters. The van der Waals surface area contributed by atoms with Crippen LogP contribution >= 0.6 is 0 Å². The molecule has 0 fully saturated rings. The summed E-state index contributed by atoms with van der Waals surface area (Å²) in [6.07, 6.45) is -0.447. The summed E-state index contributed by atoms with van der Waals surface area (Å²) in [5.74, 6) is -0.271. The Morgan fingerprint density at radius 1 is 0.767 bits per heavy atom. The Hall–Kier alpha value is -4.26. The van der Waals surface area contributed by atoms with E-state index in [0.29, 0.717) is 25.4 Å². The van der Waals surface area contributed by atoms with E-state index in [0.717, 1.165) is 16.9 Å². The number of nitrogens with one attached hydrogen (secondary N) is 3. The number of amides is 1. The Morgan fingerprint density at radius 2 is 1.19 bits per heavy atom.